The lowest BCUT2D eigenvalue weighted by Gasteiger charge is -2.34. The average molecular weight is 372 g/mol. The molecule has 8 nitrogen and oxygen atoms in total. The number of hydrogen-bond donors (Lipinski definition) is 2. The number of hydrogen-bond acceptors (Lipinski definition) is 7. The maximum Gasteiger partial charge on any atom is 0.238 e. The lowest BCUT2D eigenvalue weighted by molar-refractivity contribution is 0.481. The van der Waals surface area contributed by atoms with Crippen molar-refractivity contribution < 1.29 is 8.42 Å². The number of nitrogens with one attached hydrogen (secondary N) is 1. The number of benzene rings is 1. The first-order valence-corrected chi connectivity index (χ1v) is 9.87. The summed E-state index contributed by atoms with van der Waals surface area (Å²) in [7, 11) is -3.73. The fourth-order valence-corrected chi connectivity index (χ4v) is 3.52. The monoisotopic (exact) mass is 372 g/mol. The molecule has 136 valence electrons. The Bertz CT molecular complexity index is 937. The van der Waals surface area contributed by atoms with Crippen molar-refractivity contribution in [2.45, 2.75) is 37.1 Å². The van der Waals surface area contributed by atoms with E-state index in [1.165, 1.54) is 24.8 Å². The van der Waals surface area contributed by atoms with Crippen LogP contribution in [-0.4, -0.2) is 31.0 Å². The molecular weight excluding hydrogens is 352 g/mol. The average Bonchev–Trinajstić information content (AvgIpc) is 2.62. The summed E-state index contributed by atoms with van der Waals surface area (Å²) < 4.78 is 22.6. The van der Waals surface area contributed by atoms with Gasteiger partial charge in [-0.3, -0.25) is 0 Å². The number of piperidine rings is 1. The van der Waals surface area contributed by atoms with Gasteiger partial charge in [0.15, 0.2) is 5.82 Å². The molecule has 0 radical (unpaired) electrons. The van der Waals surface area contributed by atoms with Crippen LogP contribution in [0.4, 0.5) is 17.5 Å². The van der Waals surface area contributed by atoms with Gasteiger partial charge >= 0.3 is 0 Å². The van der Waals surface area contributed by atoms with Crippen molar-refractivity contribution in [3.05, 3.63) is 36.0 Å². The second kappa shape index (κ2) is 7.27. The van der Waals surface area contributed by atoms with E-state index in [-0.39, 0.29) is 4.90 Å². The molecule has 1 aliphatic rings. The second-order valence-corrected chi connectivity index (χ2v) is 7.84. The van der Waals surface area contributed by atoms with Crippen LogP contribution in [0, 0.1) is 11.3 Å². The molecule has 1 aliphatic heterocycles. The molecule has 26 heavy (non-hydrogen) atoms. The third-order valence-electron chi connectivity index (χ3n) is 4.40. The molecule has 0 spiro atoms. The van der Waals surface area contributed by atoms with Gasteiger partial charge in [-0.2, -0.15) is 10.2 Å². The molecular formula is C17H20N6O2S. The van der Waals surface area contributed by atoms with Crippen LogP contribution in [0.1, 0.15) is 31.7 Å². The van der Waals surface area contributed by atoms with Gasteiger partial charge in [0.2, 0.25) is 16.0 Å². The molecule has 0 bridgehead atoms. The largest absolute Gasteiger partial charge is 0.353 e. The molecule has 1 atom stereocenters. The number of aromatic nitrogens is 2. The van der Waals surface area contributed by atoms with Crippen LogP contribution < -0.4 is 15.4 Å². The van der Waals surface area contributed by atoms with E-state index in [1.807, 2.05) is 0 Å². The standard InChI is InChI=1S/C17H20N6O2S/c1-12-4-2-3-9-23(12)16-13(10-18)11-20-17(22-16)21-14-5-7-15(8-6-14)26(19,24)25/h5-8,11-12H,2-4,9H2,1H3,(H2,19,24,25)(H,20,21,22)/t12-/m1/s1. The highest BCUT2D eigenvalue weighted by Gasteiger charge is 2.23. The van der Waals surface area contributed by atoms with E-state index in [4.69, 9.17) is 5.14 Å². The van der Waals surface area contributed by atoms with E-state index in [0.29, 0.717) is 29.1 Å². The minimum atomic E-state index is -3.73. The van der Waals surface area contributed by atoms with Crippen LogP contribution in [0.2, 0.25) is 0 Å². The zero-order valence-electron chi connectivity index (χ0n) is 14.4. The molecule has 0 aliphatic carbocycles. The maximum atomic E-state index is 11.3. The Morgan fingerprint density at radius 1 is 1.31 bits per heavy atom. The highest BCUT2D eigenvalue weighted by atomic mass is 32.2. The highest BCUT2D eigenvalue weighted by molar-refractivity contribution is 7.89. The highest BCUT2D eigenvalue weighted by Crippen LogP contribution is 2.27. The van der Waals surface area contributed by atoms with Crippen LogP contribution >= 0.6 is 0 Å². The smallest absolute Gasteiger partial charge is 0.238 e. The Morgan fingerprint density at radius 3 is 2.65 bits per heavy atom. The van der Waals surface area contributed by atoms with E-state index in [9.17, 15) is 13.7 Å². The van der Waals surface area contributed by atoms with Crippen LogP contribution in [0.25, 0.3) is 0 Å². The van der Waals surface area contributed by atoms with E-state index < -0.39 is 10.0 Å². The van der Waals surface area contributed by atoms with Crippen LogP contribution in [0.3, 0.4) is 0 Å². The fourth-order valence-electron chi connectivity index (χ4n) is 3.00. The second-order valence-electron chi connectivity index (χ2n) is 6.28. The Labute approximate surface area is 152 Å². The molecule has 1 aromatic heterocycles. The minimum absolute atomic E-state index is 0.0339. The van der Waals surface area contributed by atoms with Crippen molar-refractivity contribution in [1.29, 1.82) is 5.26 Å². The third kappa shape index (κ3) is 3.92. The summed E-state index contributed by atoms with van der Waals surface area (Å²) in [6.07, 6.45) is 4.81. The van der Waals surface area contributed by atoms with Crippen LogP contribution in [-0.2, 0) is 10.0 Å². The van der Waals surface area contributed by atoms with Crippen molar-refractivity contribution >= 4 is 27.5 Å². The normalized spacial score (nSPS) is 17.6. The molecule has 1 aromatic carbocycles. The molecule has 0 unspecified atom stereocenters. The first-order chi connectivity index (χ1) is 12.4. The third-order valence-corrected chi connectivity index (χ3v) is 5.33. The van der Waals surface area contributed by atoms with Crippen LogP contribution in [0.15, 0.2) is 35.4 Å². The van der Waals surface area contributed by atoms with Gasteiger partial charge in [-0.05, 0) is 50.5 Å². The number of primary sulfonamides is 1. The number of sulfonamides is 1. The number of rotatable bonds is 4. The first-order valence-electron chi connectivity index (χ1n) is 8.32. The van der Waals surface area contributed by atoms with E-state index in [1.54, 1.807) is 12.1 Å². The summed E-state index contributed by atoms with van der Waals surface area (Å²) in [5, 5.41) is 17.5. The van der Waals surface area contributed by atoms with Gasteiger partial charge in [-0.1, -0.05) is 0 Å². The Balaban J connectivity index is 1.87. The molecule has 3 N–H and O–H groups in total. The number of nitriles is 1. The van der Waals surface area contributed by atoms with Gasteiger partial charge in [-0.25, -0.2) is 18.5 Å². The van der Waals surface area contributed by atoms with E-state index in [2.05, 4.69) is 33.2 Å². The van der Waals surface area contributed by atoms with Crippen molar-refractivity contribution in [3.8, 4) is 6.07 Å². The van der Waals surface area contributed by atoms with Crippen LogP contribution in [0.5, 0.6) is 0 Å². The molecule has 3 rings (SSSR count). The zero-order chi connectivity index (χ0) is 18.7. The Hall–Kier alpha value is -2.70. The van der Waals surface area contributed by atoms with Gasteiger partial charge in [-0.15, -0.1) is 0 Å². The predicted molar refractivity (Wildman–Crippen MR) is 98.5 cm³/mol. The summed E-state index contributed by atoms with van der Waals surface area (Å²) in [5.74, 6) is 0.971. The fraction of sp³-hybridized carbons (Fsp3) is 0.353. The maximum absolute atomic E-state index is 11.3. The summed E-state index contributed by atoms with van der Waals surface area (Å²) in [4.78, 5) is 10.9. The molecule has 2 aromatic rings. The van der Waals surface area contributed by atoms with Gasteiger partial charge < -0.3 is 10.2 Å². The predicted octanol–water partition coefficient (Wildman–Crippen LogP) is 2.12. The summed E-state index contributed by atoms with van der Waals surface area (Å²) in [5.41, 5.74) is 1.06. The van der Waals surface area contributed by atoms with Gasteiger partial charge in [0.1, 0.15) is 11.6 Å². The van der Waals surface area contributed by atoms with E-state index in [0.717, 1.165) is 19.4 Å². The summed E-state index contributed by atoms with van der Waals surface area (Å²) in [6, 6.07) is 8.47. The minimum Gasteiger partial charge on any atom is -0.353 e. The van der Waals surface area contributed by atoms with Crippen molar-refractivity contribution in [3.63, 3.8) is 0 Å². The van der Waals surface area contributed by atoms with E-state index >= 15 is 0 Å². The first kappa shape index (κ1) is 18.1. The number of anilines is 3. The SMILES string of the molecule is C[C@@H]1CCCCN1c1nc(Nc2ccc(S(N)(=O)=O)cc2)ncc1C#N. The Morgan fingerprint density at radius 2 is 2.04 bits per heavy atom. The molecule has 0 amide bonds. The zero-order valence-corrected chi connectivity index (χ0v) is 15.2. The lowest BCUT2D eigenvalue weighted by Crippen LogP contribution is -2.38. The molecule has 2 heterocycles. The van der Waals surface area contributed by atoms with Crippen molar-refractivity contribution in [2.24, 2.45) is 5.14 Å². The topological polar surface area (TPSA) is 125 Å². The number of nitrogens with zero attached hydrogens (tertiary/aromatic N) is 4. The summed E-state index contributed by atoms with van der Waals surface area (Å²) in [6.45, 7) is 2.98. The molecule has 9 heteroatoms. The Kier molecular flexibility index (Phi) is 5.06. The summed E-state index contributed by atoms with van der Waals surface area (Å²) >= 11 is 0. The molecule has 1 fully saturated rings. The van der Waals surface area contributed by atoms with Crippen molar-refractivity contribution in [1.82, 2.24) is 9.97 Å². The lowest BCUT2D eigenvalue weighted by atomic mass is 10.0. The number of nitrogens with two attached hydrogens (primary N) is 1. The quantitative estimate of drug-likeness (QED) is 0.842. The van der Waals surface area contributed by atoms with Gasteiger partial charge in [0, 0.05) is 18.3 Å². The van der Waals surface area contributed by atoms with Gasteiger partial charge in [0.25, 0.3) is 0 Å². The van der Waals surface area contributed by atoms with Crippen molar-refractivity contribution in [2.75, 3.05) is 16.8 Å². The molecule has 1 saturated heterocycles. The van der Waals surface area contributed by atoms with Gasteiger partial charge in [0.05, 0.1) is 11.1 Å². The molecule has 0 saturated carbocycles.